The predicted molar refractivity (Wildman–Crippen MR) is 112 cm³/mol. The van der Waals surface area contributed by atoms with Gasteiger partial charge in [0, 0.05) is 33.2 Å². The van der Waals surface area contributed by atoms with Crippen molar-refractivity contribution in [1.29, 1.82) is 0 Å². The highest BCUT2D eigenvalue weighted by molar-refractivity contribution is 7.51. The Morgan fingerprint density at radius 3 is 2.21 bits per heavy atom. The number of Topliss-reactive ketones (excluding diaryl/α,β-unsaturated/α-hetero) is 1. The molecule has 1 amide bonds. The van der Waals surface area contributed by atoms with Crippen LogP contribution in [0.2, 0.25) is 0 Å². The molecule has 0 fully saturated rings. The van der Waals surface area contributed by atoms with E-state index in [1.54, 1.807) is 7.11 Å². The fourth-order valence-corrected chi connectivity index (χ4v) is 3.34. The van der Waals surface area contributed by atoms with E-state index >= 15 is 0 Å². The predicted octanol–water partition coefficient (Wildman–Crippen LogP) is 4.22. The van der Waals surface area contributed by atoms with Crippen LogP contribution in [0.5, 0.6) is 0 Å². The second-order valence-electron chi connectivity index (χ2n) is 7.33. The maximum Gasteiger partial charge on any atom is 0.325 e. The molecule has 7 nitrogen and oxygen atoms in total. The molecular formula is C20H40NO6P. The molecule has 0 radical (unpaired) electrons. The van der Waals surface area contributed by atoms with Gasteiger partial charge in [-0.1, -0.05) is 39.0 Å². The van der Waals surface area contributed by atoms with Crippen LogP contribution in [-0.2, 0) is 23.4 Å². The summed E-state index contributed by atoms with van der Waals surface area (Å²) in [5.74, 6) is 0.0235. The number of methoxy groups -OCH3 is 1. The highest BCUT2D eigenvalue weighted by atomic mass is 31.2. The monoisotopic (exact) mass is 421 g/mol. The molecule has 0 aromatic rings. The first kappa shape index (κ1) is 27.2. The summed E-state index contributed by atoms with van der Waals surface area (Å²) in [6, 6.07) is -0.400. The molecule has 0 saturated carbocycles. The average molecular weight is 422 g/mol. The van der Waals surface area contributed by atoms with Gasteiger partial charge in [0.05, 0.1) is 12.6 Å². The molecule has 2 atom stereocenters. The van der Waals surface area contributed by atoms with Crippen molar-refractivity contribution in [3.63, 3.8) is 0 Å². The normalized spacial score (nSPS) is 14.4. The molecule has 28 heavy (non-hydrogen) atoms. The van der Waals surface area contributed by atoms with Gasteiger partial charge >= 0.3 is 7.60 Å². The van der Waals surface area contributed by atoms with Crippen molar-refractivity contribution in [1.82, 2.24) is 5.32 Å². The summed E-state index contributed by atoms with van der Waals surface area (Å²) in [5, 5.41) is 2.92. The minimum atomic E-state index is -3.42. The van der Waals surface area contributed by atoms with Crippen LogP contribution in [0.1, 0.15) is 84.0 Å². The van der Waals surface area contributed by atoms with Crippen LogP contribution < -0.4 is 5.32 Å². The van der Waals surface area contributed by atoms with Gasteiger partial charge in [0.1, 0.15) is 0 Å². The van der Waals surface area contributed by atoms with E-state index in [9.17, 15) is 14.2 Å². The van der Waals surface area contributed by atoms with E-state index in [-0.39, 0.29) is 18.3 Å². The van der Waals surface area contributed by atoms with Crippen LogP contribution in [-0.4, -0.2) is 49.6 Å². The molecule has 8 heteroatoms. The van der Waals surface area contributed by atoms with Crippen molar-refractivity contribution >= 4 is 19.3 Å². The SMILES string of the molecule is CCCCC[C@H](NC(=O)CCCCCOC)C(=O)CCCCCOP(C)(=O)O. The third-order valence-electron chi connectivity index (χ3n) is 4.47. The molecule has 0 spiro atoms. The van der Waals surface area contributed by atoms with Crippen LogP contribution in [0.15, 0.2) is 0 Å². The van der Waals surface area contributed by atoms with E-state index in [4.69, 9.17) is 14.2 Å². The third-order valence-corrected chi connectivity index (χ3v) is 5.13. The number of ketones is 1. The maximum atomic E-state index is 12.5. The number of carbonyl (C=O) groups is 2. The van der Waals surface area contributed by atoms with Crippen molar-refractivity contribution in [3.8, 4) is 0 Å². The molecule has 0 aliphatic heterocycles. The van der Waals surface area contributed by atoms with E-state index in [0.29, 0.717) is 38.7 Å². The van der Waals surface area contributed by atoms with Crippen LogP contribution in [0.25, 0.3) is 0 Å². The van der Waals surface area contributed by atoms with Gasteiger partial charge in [-0.15, -0.1) is 0 Å². The molecule has 2 N–H and O–H groups in total. The zero-order valence-corrected chi connectivity index (χ0v) is 18.8. The number of unbranched alkanes of at least 4 members (excludes halogenated alkanes) is 6. The number of ether oxygens (including phenoxy) is 1. The summed E-state index contributed by atoms with van der Waals surface area (Å²) in [6.45, 7) is 4.20. The van der Waals surface area contributed by atoms with Gasteiger partial charge in [-0.2, -0.15) is 0 Å². The van der Waals surface area contributed by atoms with Crippen LogP contribution in [0.4, 0.5) is 0 Å². The number of hydrogen-bond donors (Lipinski definition) is 2. The van der Waals surface area contributed by atoms with Crippen LogP contribution in [0.3, 0.4) is 0 Å². The number of nitrogens with one attached hydrogen (secondary N) is 1. The molecule has 0 aliphatic rings. The summed E-state index contributed by atoms with van der Waals surface area (Å²) >= 11 is 0. The van der Waals surface area contributed by atoms with Crippen LogP contribution in [0, 0.1) is 0 Å². The van der Waals surface area contributed by atoms with Crippen molar-refractivity contribution in [2.75, 3.05) is 27.0 Å². The zero-order valence-electron chi connectivity index (χ0n) is 17.9. The lowest BCUT2D eigenvalue weighted by Gasteiger charge is -2.18. The average Bonchev–Trinajstić information content (AvgIpc) is 2.62. The van der Waals surface area contributed by atoms with E-state index in [0.717, 1.165) is 51.6 Å². The molecule has 166 valence electrons. The second-order valence-corrected chi connectivity index (χ2v) is 9.20. The Kier molecular flexibility index (Phi) is 16.7. The van der Waals surface area contributed by atoms with Gasteiger partial charge in [0.15, 0.2) is 5.78 Å². The highest BCUT2D eigenvalue weighted by Gasteiger charge is 2.19. The largest absolute Gasteiger partial charge is 0.385 e. The lowest BCUT2D eigenvalue weighted by molar-refractivity contribution is -0.128. The van der Waals surface area contributed by atoms with Gasteiger partial charge in [0.2, 0.25) is 5.91 Å². The van der Waals surface area contributed by atoms with Crippen molar-refractivity contribution in [2.24, 2.45) is 0 Å². The molecule has 0 aromatic heterocycles. The summed E-state index contributed by atoms with van der Waals surface area (Å²) in [6.07, 6.45) is 9.35. The first-order chi connectivity index (χ1) is 13.3. The quantitative estimate of drug-likeness (QED) is 0.239. The van der Waals surface area contributed by atoms with Crippen molar-refractivity contribution in [3.05, 3.63) is 0 Å². The Morgan fingerprint density at radius 2 is 1.61 bits per heavy atom. The summed E-state index contributed by atoms with van der Waals surface area (Å²) in [5.41, 5.74) is 0. The van der Waals surface area contributed by atoms with E-state index < -0.39 is 13.6 Å². The van der Waals surface area contributed by atoms with Gasteiger partial charge in [0.25, 0.3) is 0 Å². The van der Waals surface area contributed by atoms with E-state index in [1.807, 2.05) is 0 Å². The van der Waals surface area contributed by atoms with Gasteiger partial charge in [-0.3, -0.25) is 14.2 Å². The number of amides is 1. The maximum absolute atomic E-state index is 12.5. The number of hydrogen-bond acceptors (Lipinski definition) is 5. The van der Waals surface area contributed by atoms with Gasteiger partial charge < -0.3 is 19.5 Å². The molecule has 0 heterocycles. The third kappa shape index (κ3) is 17.4. The summed E-state index contributed by atoms with van der Waals surface area (Å²) < 4.78 is 20.9. The zero-order chi connectivity index (χ0) is 21.3. The first-order valence-electron chi connectivity index (χ1n) is 10.6. The molecule has 0 saturated heterocycles. The van der Waals surface area contributed by atoms with Gasteiger partial charge in [-0.05, 0) is 32.1 Å². The minimum absolute atomic E-state index is 0.0534. The molecular weight excluding hydrogens is 381 g/mol. The Hall–Kier alpha value is -0.750. The fraction of sp³-hybridized carbons (Fsp3) is 0.900. The Labute approximate surface area is 170 Å². The van der Waals surface area contributed by atoms with Crippen molar-refractivity contribution < 1.29 is 28.3 Å². The van der Waals surface area contributed by atoms with Crippen molar-refractivity contribution in [2.45, 2.75) is 90.0 Å². The van der Waals surface area contributed by atoms with E-state index in [1.165, 1.54) is 0 Å². The molecule has 1 unspecified atom stereocenters. The molecule has 0 aliphatic carbocycles. The molecule has 0 aromatic carbocycles. The lowest BCUT2D eigenvalue weighted by Crippen LogP contribution is -2.40. The minimum Gasteiger partial charge on any atom is -0.385 e. The molecule has 0 rings (SSSR count). The number of carbonyl (C=O) groups excluding carboxylic acids is 2. The molecule has 0 bridgehead atoms. The van der Waals surface area contributed by atoms with E-state index in [2.05, 4.69) is 12.2 Å². The lowest BCUT2D eigenvalue weighted by atomic mass is 9.99. The summed E-state index contributed by atoms with van der Waals surface area (Å²) in [7, 11) is -1.75. The van der Waals surface area contributed by atoms with Gasteiger partial charge in [-0.25, -0.2) is 0 Å². The highest BCUT2D eigenvalue weighted by Crippen LogP contribution is 2.36. The Bertz CT molecular complexity index is 466. The van der Waals surface area contributed by atoms with Crippen LogP contribution >= 0.6 is 7.60 Å². The summed E-state index contributed by atoms with van der Waals surface area (Å²) in [4.78, 5) is 33.8. The Morgan fingerprint density at radius 1 is 0.964 bits per heavy atom. The second kappa shape index (κ2) is 17.1. The number of rotatable bonds is 19. The topological polar surface area (TPSA) is 102 Å². The Balaban J connectivity index is 4.20. The standard InChI is InChI=1S/C20H40NO6P/c1-4-5-8-13-18(21-20(23)15-10-7-11-16-26-2)19(22)14-9-6-12-17-27-28(3,24)25/h18H,4-17H2,1-3H3,(H,21,23)(H,24,25)/t18-/m0/s1. The first-order valence-corrected chi connectivity index (χ1v) is 12.6. The fourth-order valence-electron chi connectivity index (χ4n) is 2.87. The smallest absolute Gasteiger partial charge is 0.325 e.